The fourth-order valence-corrected chi connectivity index (χ4v) is 2.21. The molecule has 0 unspecified atom stereocenters. The van der Waals surface area contributed by atoms with Crippen molar-refractivity contribution in [3.63, 3.8) is 0 Å². The standard InChI is InChI=1S/C11H11ClO4/c1-5-7-4-16-11(14)8(7)9(13)6(3-12)10(5)15-2/h13H,3-4H2,1-2H3. The molecule has 1 N–H and O–H groups in total. The highest BCUT2D eigenvalue weighted by atomic mass is 35.5. The Kier molecular flexibility index (Phi) is 2.68. The summed E-state index contributed by atoms with van der Waals surface area (Å²) in [5, 5.41) is 9.95. The van der Waals surface area contributed by atoms with Crippen LogP contribution in [0.1, 0.15) is 27.0 Å². The number of aromatic hydroxyl groups is 1. The third-order valence-corrected chi connectivity index (χ3v) is 3.05. The Hall–Kier alpha value is -1.42. The fraction of sp³-hybridized carbons (Fsp3) is 0.364. The number of phenolic OH excluding ortho intramolecular Hbond substituents is 1. The number of hydrogen-bond donors (Lipinski definition) is 1. The van der Waals surface area contributed by atoms with Crippen molar-refractivity contribution in [3.8, 4) is 11.5 Å². The van der Waals surface area contributed by atoms with E-state index >= 15 is 0 Å². The van der Waals surface area contributed by atoms with Gasteiger partial charge >= 0.3 is 5.97 Å². The van der Waals surface area contributed by atoms with E-state index in [2.05, 4.69) is 0 Å². The van der Waals surface area contributed by atoms with E-state index in [0.717, 1.165) is 5.56 Å². The van der Waals surface area contributed by atoms with Crippen LogP contribution in [0.15, 0.2) is 0 Å². The van der Waals surface area contributed by atoms with Gasteiger partial charge in [0, 0.05) is 5.56 Å². The van der Waals surface area contributed by atoms with Crippen LogP contribution in [0, 0.1) is 6.92 Å². The van der Waals surface area contributed by atoms with Crippen LogP contribution < -0.4 is 4.74 Å². The molecule has 16 heavy (non-hydrogen) atoms. The van der Waals surface area contributed by atoms with Crippen LogP contribution >= 0.6 is 11.6 Å². The Balaban J connectivity index is 2.79. The molecule has 86 valence electrons. The third kappa shape index (κ3) is 1.33. The number of fused-ring (bicyclic) bond motifs is 1. The lowest BCUT2D eigenvalue weighted by molar-refractivity contribution is 0.0533. The van der Waals surface area contributed by atoms with E-state index in [9.17, 15) is 9.90 Å². The zero-order chi connectivity index (χ0) is 11.9. The zero-order valence-corrected chi connectivity index (χ0v) is 9.72. The zero-order valence-electron chi connectivity index (χ0n) is 8.96. The van der Waals surface area contributed by atoms with Gasteiger partial charge in [-0.15, -0.1) is 11.6 Å². The van der Waals surface area contributed by atoms with E-state index < -0.39 is 5.97 Å². The normalized spacial score (nSPS) is 13.6. The maximum absolute atomic E-state index is 11.4. The van der Waals surface area contributed by atoms with Crippen LogP contribution in [0.2, 0.25) is 0 Å². The number of halogens is 1. The number of carbonyl (C=O) groups is 1. The quantitative estimate of drug-likeness (QED) is 0.638. The summed E-state index contributed by atoms with van der Waals surface area (Å²) in [6.07, 6.45) is 0. The first-order valence-corrected chi connectivity index (χ1v) is 5.29. The van der Waals surface area contributed by atoms with Gasteiger partial charge in [0.1, 0.15) is 23.7 Å². The van der Waals surface area contributed by atoms with Crippen LogP contribution in [-0.2, 0) is 17.2 Å². The second-order valence-electron chi connectivity index (χ2n) is 3.55. The highest BCUT2D eigenvalue weighted by Gasteiger charge is 2.31. The van der Waals surface area contributed by atoms with Gasteiger partial charge in [-0.05, 0) is 12.5 Å². The fourth-order valence-electron chi connectivity index (χ4n) is 1.96. The first-order valence-electron chi connectivity index (χ1n) is 4.76. The van der Waals surface area contributed by atoms with Crippen LogP contribution in [0.5, 0.6) is 11.5 Å². The minimum atomic E-state index is -0.510. The molecule has 1 heterocycles. The van der Waals surface area contributed by atoms with Gasteiger partial charge in [0.25, 0.3) is 0 Å². The van der Waals surface area contributed by atoms with Crippen LogP contribution in [0.4, 0.5) is 0 Å². The lowest BCUT2D eigenvalue weighted by Gasteiger charge is -2.14. The third-order valence-electron chi connectivity index (χ3n) is 2.78. The molecule has 0 spiro atoms. The molecule has 0 atom stereocenters. The van der Waals surface area contributed by atoms with Gasteiger partial charge in [-0.25, -0.2) is 4.79 Å². The molecule has 0 amide bonds. The molecule has 1 aliphatic rings. The molecule has 0 saturated carbocycles. The van der Waals surface area contributed by atoms with Crippen molar-refractivity contribution < 1.29 is 19.4 Å². The van der Waals surface area contributed by atoms with Gasteiger partial charge in [-0.1, -0.05) is 0 Å². The summed E-state index contributed by atoms with van der Waals surface area (Å²) in [5.41, 5.74) is 2.11. The van der Waals surface area contributed by atoms with Crippen LogP contribution in [0.25, 0.3) is 0 Å². The molecular weight excluding hydrogens is 232 g/mol. The summed E-state index contributed by atoms with van der Waals surface area (Å²) in [6.45, 7) is 1.99. The summed E-state index contributed by atoms with van der Waals surface area (Å²) >= 11 is 5.75. The SMILES string of the molecule is COc1c(C)c2c(c(O)c1CCl)C(=O)OC2. The van der Waals surface area contributed by atoms with E-state index in [1.165, 1.54) is 7.11 Å². The maximum atomic E-state index is 11.4. The van der Waals surface area contributed by atoms with Crippen molar-refractivity contribution in [3.05, 3.63) is 22.3 Å². The largest absolute Gasteiger partial charge is 0.507 e. The van der Waals surface area contributed by atoms with Crippen molar-refractivity contribution in [2.24, 2.45) is 0 Å². The number of cyclic esters (lactones) is 1. The molecule has 1 aromatic rings. The Labute approximate surface area is 97.7 Å². The lowest BCUT2D eigenvalue weighted by Crippen LogP contribution is -2.02. The molecule has 0 saturated heterocycles. The van der Waals surface area contributed by atoms with Crippen molar-refractivity contribution in [2.45, 2.75) is 19.4 Å². The molecule has 0 radical (unpaired) electrons. The number of ether oxygens (including phenoxy) is 2. The number of rotatable bonds is 2. The maximum Gasteiger partial charge on any atom is 0.342 e. The minimum Gasteiger partial charge on any atom is -0.507 e. The van der Waals surface area contributed by atoms with E-state index in [-0.39, 0.29) is 23.8 Å². The summed E-state index contributed by atoms with van der Waals surface area (Å²) < 4.78 is 10.1. The molecular formula is C11H11ClO4. The van der Waals surface area contributed by atoms with Crippen molar-refractivity contribution in [1.29, 1.82) is 0 Å². The van der Waals surface area contributed by atoms with Gasteiger partial charge in [0.2, 0.25) is 0 Å². The Morgan fingerprint density at radius 1 is 1.56 bits per heavy atom. The van der Waals surface area contributed by atoms with Gasteiger partial charge < -0.3 is 14.6 Å². The summed E-state index contributed by atoms with van der Waals surface area (Å²) in [5.74, 6) is -0.0414. The monoisotopic (exact) mass is 242 g/mol. The molecule has 1 aliphatic heterocycles. The minimum absolute atomic E-state index is 0.0798. The molecule has 0 bridgehead atoms. The lowest BCUT2D eigenvalue weighted by atomic mass is 9.98. The number of phenols is 1. The van der Waals surface area contributed by atoms with Crippen molar-refractivity contribution in [2.75, 3.05) is 7.11 Å². The second-order valence-corrected chi connectivity index (χ2v) is 3.82. The van der Waals surface area contributed by atoms with E-state index in [1.54, 1.807) is 0 Å². The summed E-state index contributed by atoms with van der Waals surface area (Å²) in [7, 11) is 1.50. The highest BCUT2D eigenvalue weighted by Crippen LogP contribution is 2.42. The Morgan fingerprint density at radius 3 is 2.81 bits per heavy atom. The van der Waals surface area contributed by atoms with Crippen LogP contribution in [-0.4, -0.2) is 18.2 Å². The van der Waals surface area contributed by atoms with Gasteiger partial charge in [0.05, 0.1) is 18.6 Å². The average molecular weight is 243 g/mol. The molecule has 0 fully saturated rings. The van der Waals surface area contributed by atoms with E-state index in [1.807, 2.05) is 6.92 Å². The van der Waals surface area contributed by atoms with Crippen molar-refractivity contribution in [1.82, 2.24) is 0 Å². The predicted molar refractivity (Wildman–Crippen MR) is 58.1 cm³/mol. The Bertz CT molecular complexity index is 468. The van der Waals surface area contributed by atoms with Gasteiger partial charge in [-0.3, -0.25) is 0 Å². The van der Waals surface area contributed by atoms with Crippen LogP contribution in [0.3, 0.4) is 0 Å². The number of alkyl halides is 1. The molecule has 4 nitrogen and oxygen atoms in total. The predicted octanol–water partition coefficient (Wildman–Crippen LogP) is 2.12. The number of esters is 1. The first-order chi connectivity index (χ1) is 7.61. The molecule has 0 aliphatic carbocycles. The summed E-state index contributed by atoms with van der Waals surface area (Å²) in [6, 6.07) is 0. The number of methoxy groups -OCH3 is 1. The number of hydrogen-bond acceptors (Lipinski definition) is 4. The summed E-state index contributed by atoms with van der Waals surface area (Å²) in [4.78, 5) is 11.4. The van der Waals surface area contributed by atoms with Gasteiger partial charge in [-0.2, -0.15) is 0 Å². The molecule has 1 aromatic carbocycles. The molecule has 0 aromatic heterocycles. The second kappa shape index (κ2) is 3.87. The van der Waals surface area contributed by atoms with E-state index in [0.29, 0.717) is 16.9 Å². The molecule has 2 rings (SSSR count). The molecule has 5 heteroatoms. The number of carbonyl (C=O) groups excluding carboxylic acids is 1. The smallest absolute Gasteiger partial charge is 0.342 e. The van der Waals surface area contributed by atoms with Gasteiger partial charge in [0.15, 0.2) is 0 Å². The number of benzene rings is 1. The van der Waals surface area contributed by atoms with E-state index in [4.69, 9.17) is 21.1 Å². The average Bonchev–Trinajstić information content (AvgIpc) is 2.65. The van der Waals surface area contributed by atoms with Crippen molar-refractivity contribution >= 4 is 17.6 Å². The first kappa shape index (κ1) is 11.1. The Morgan fingerprint density at radius 2 is 2.25 bits per heavy atom. The highest BCUT2D eigenvalue weighted by molar-refractivity contribution is 6.17. The topological polar surface area (TPSA) is 55.8 Å².